The number of amides is 1. The molecule has 0 radical (unpaired) electrons. The second-order valence-corrected chi connectivity index (χ2v) is 4.90. The number of anilines is 1. The highest BCUT2D eigenvalue weighted by molar-refractivity contribution is 6.42. The van der Waals surface area contributed by atoms with Crippen LogP contribution in [-0.4, -0.2) is 17.5 Å². The van der Waals surface area contributed by atoms with Gasteiger partial charge in [-0.3, -0.25) is 4.79 Å². The van der Waals surface area contributed by atoms with Crippen molar-refractivity contribution in [2.24, 2.45) is 0 Å². The first-order valence-corrected chi connectivity index (χ1v) is 6.61. The van der Waals surface area contributed by atoms with Crippen molar-refractivity contribution in [3.8, 4) is 5.75 Å². The minimum absolute atomic E-state index is 0.131. The van der Waals surface area contributed by atoms with E-state index < -0.39 is 0 Å². The predicted octanol–water partition coefficient (Wildman–Crippen LogP) is 3.71. The summed E-state index contributed by atoms with van der Waals surface area (Å²) in [6, 6.07) is 8.48. The third-order valence-electron chi connectivity index (χ3n) is 2.53. The fourth-order valence-corrected chi connectivity index (χ4v) is 1.79. The van der Waals surface area contributed by atoms with Gasteiger partial charge >= 0.3 is 0 Å². The van der Waals surface area contributed by atoms with E-state index >= 15 is 0 Å². The molecule has 2 aromatic rings. The molecular weight excluding hydrogens is 299 g/mol. The van der Waals surface area contributed by atoms with Gasteiger partial charge in [-0.1, -0.05) is 29.3 Å². The summed E-state index contributed by atoms with van der Waals surface area (Å²) in [5.41, 5.74) is 0.885. The van der Waals surface area contributed by atoms with Crippen LogP contribution < -0.4 is 10.1 Å². The highest BCUT2D eigenvalue weighted by Crippen LogP contribution is 2.26. The molecule has 0 aliphatic heterocycles. The van der Waals surface area contributed by atoms with E-state index in [0.717, 1.165) is 5.56 Å². The maximum absolute atomic E-state index is 11.8. The van der Waals surface area contributed by atoms with Crippen LogP contribution >= 0.6 is 23.2 Å². The number of pyridine rings is 1. The topological polar surface area (TPSA) is 51.2 Å². The highest BCUT2D eigenvalue weighted by atomic mass is 35.5. The number of aromatic nitrogens is 1. The predicted molar refractivity (Wildman–Crippen MR) is 79.6 cm³/mol. The summed E-state index contributed by atoms with van der Waals surface area (Å²) in [6.45, 7) is 1.73. The third-order valence-corrected chi connectivity index (χ3v) is 3.27. The number of nitrogens with one attached hydrogen (secondary N) is 1. The number of nitrogens with zero attached hydrogens (tertiary/aromatic N) is 1. The number of carbonyl (C=O) groups is 1. The fourth-order valence-electron chi connectivity index (χ4n) is 1.50. The molecule has 20 heavy (non-hydrogen) atoms. The van der Waals surface area contributed by atoms with E-state index in [0.29, 0.717) is 21.6 Å². The Hall–Kier alpha value is -1.78. The lowest BCUT2D eigenvalue weighted by Crippen LogP contribution is -2.21. The van der Waals surface area contributed by atoms with E-state index in [-0.39, 0.29) is 12.5 Å². The minimum atomic E-state index is -0.294. The van der Waals surface area contributed by atoms with Gasteiger partial charge in [-0.2, -0.15) is 0 Å². The Kier molecular flexibility index (Phi) is 4.82. The standard InChI is InChI=1S/C14H12Cl2N2O2/c1-9-3-2-6-17-14(9)18-13(19)8-20-10-4-5-11(15)12(16)7-10/h2-7H,8H2,1H3,(H,17,18,19). The Bertz CT molecular complexity index is 632. The Balaban J connectivity index is 1.92. The van der Waals surface area contributed by atoms with Gasteiger partial charge in [0.1, 0.15) is 11.6 Å². The average molecular weight is 311 g/mol. The molecule has 0 fully saturated rings. The van der Waals surface area contributed by atoms with E-state index in [4.69, 9.17) is 27.9 Å². The SMILES string of the molecule is Cc1cccnc1NC(=O)COc1ccc(Cl)c(Cl)c1. The monoisotopic (exact) mass is 310 g/mol. The van der Waals surface area contributed by atoms with Gasteiger partial charge in [0.25, 0.3) is 5.91 Å². The van der Waals surface area contributed by atoms with Gasteiger partial charge in [0.2, 0.25) is 0 Å². The lowest BCUT2D eigenvalue weighted by atomic mass is 10.3. The molecule has 0 saturated heterocycles. The molecule has 6 heteroatoms. The maximum Gasteiger partial charge on any atom is 0.263 e. The lowest BCUT2D eigenvalue weighted by Gasteiger charge is -2.09. The second kappa shape index (κ2) is 6.59. The molecule has 0 atom stereocenters. The van der Waals surface area contributed by atoms with Gasteiger partial charge in [-0.25, -0.2) is 4.98 Å². The first kappa shape index (κ1) is 14.6. The van der Waals surface area contributed by atoms with Crippen molar-refractivity contribution in [2.75, 3.05) is 11.9 Å². The first-order chi connectivity index (χ1) is 9.56. The molecular formula is C14H12Cl2N2O2. The number of benzene rings is 1. The van der Waals surface area contributed by atoms with Crippen molar-refractivity contribution in [1.82, 2.24) is 4.98 Å². The van der Waals surface area contributed by atoms with Crippen molar-refractivity contribution in [3.05, 3.63) is 52.1 Å². The molecule has 0 bridgehead atoms. The van der Waals surface area contributed by atoms with Crippen LogP contribution in [0.4, 0.5) is 5.82 Å². The highest BCUT2D eigenvalue weighted by Gasteiger charge is 2.07. The van der Waals surface area contributed by atoms with Gasteiger partial charge < -0.3 is 10.1 Å². The van der Waals surface area contributed by atoms with Crippen molar-refractivity contribution < 1.29 is 9.53 Å². The summed E-state index contributed by atoms with van der Waals surface area (Å²) in [6.07, 6.45) is 1.61. The van der Waals surface area contributed by atoms with Crippen molar-refractivity contribution >= 4 is 34.9 Å². The smallest absolute Gasteiger partial charge is 0.263 e. The van der Waals surface area contributed by atoms with Crippen molar-refractivity contribution in [3.63, 3.8) is 0 Å². The van der Waals surface area contributed by atoms with Crippen LogP contribution in [0, 0.1) is 6.92 Å². The zero-order chi connectivity index (χ0) is 14.5. The largest absolute Gasteiger partial charge is 0.484 e. The normalized spacial score (nSPS) is 10.2. The Morgan fingerprint density at radius 2 is 2.10 bits per heavy atom. The molecule has 0 saturated carbocycles. The molecule has 1 aromatic carbocycles. The van der Waals surface area contributed by atoms with Crippen LogP contribution in [0.5, 0.6) is 5.75 Å². The molecule has 4 nitrogen and oxygen atoms in total. The molecule has 1 heterocycles. The second-order valence-electron chi connectivity index (χ2n) is 4.08. The molecule has 0 aliphatic carbocycles. The van der Waals surface area contributed by atoms with Crippen LogP contribution in [-0.2, 0) is 4.79 Å². The Morgan fingerprint density at radius 1 is 1.30 bits per heavy atom. The summed E-state index contributed by atoms with van der Waals surface area (Å²) >= 11 is 11.7. The first-order valence-electron chi connectivity index (χ1n) is 5.85. The number of carbonyl (C=O) groups excluding carboxylic acids is 1. The summed E-state index contributed by atoms with van der Waals surface area (Å²) in [7, 11) is 0. The summed E-state index contributed by atoms with van der Waals surface area (Å²) < 4.78 is 5.33. The summed E-state index contributed by atoms with van der Waals surface area (Å²) in [4.78, 5) is 15.8. The third kappa shape index (κ3) is 3.85. The fraction of sp³-hybridized carbons (Fsp3) is 0.143. The number of rotatable bonds is 4. The van der Waals surface area contributed by atoms with Gasteiger partial charge in [0.15, 0.2) is 6.61 Å². The number of hydrogen-bond acceptors (Lipinski definition) is 3. The van der Waals surface area contributed by atoms with Gasteiger partial charge in [-0.05, 0) is 30.7 Å². The van der Waals surface area contributed by atoms with E-state index in [1.165, 1.54) is 0 Å². The molecule has 2 rings (SSSR count). The molecule has 1 aromatic heterocycles. The lowest BCUT2D eigenvalue weighted by molar-refractivity contribution is -0.118. The number of hydrogen-bond donors (Lipinski definition) is 1. The number of halogens is 2. The van der Waals surface area contributed by atoms with Crippen LogP contribution in [0.25, 0.3) is 0 Å². The van der Waals surface area contributed by atoms with Crippen molar-refractivity contribution in [2.45, 2.75) is 6.92 Å². The number of aryl methyl sites for hydroxylation is 1. The molecule has 1 N–H and O–H groups in total. The Labute approximate surface area is 126 Å². The quantitative estimate of drug-likeness (QED) is 0.936. The van der Waals surface area contributed by atoms with Crippen LogP contribution in [0.3, 0.4) is 0 Å². The zero-order valence-electron chi connectivity index (χ0n) is 10.7. The van der Waals surface area contributed by atoms with E-state index in [2.05, 4.69) is 10.3 Å². The molecule has 0 unspecified atom stereocenters. The number of ether oxygens (including phenoxy) is 1. The van der Waals surface area contributed by atoms with Crippen LogP contribution in [0.2, 0.25) is 10.0 Å². The van der Waals surface area contributed by atoms with Crippen molar-refractivity contribution in [1.29, 1.82) is 0 Å². The van der Waals surface area contributed by atoms with Gasteiger partial charge in [-0.15, -0.1) is 0 Å². The molecule has 0 aliphatic rings. The summed E-state index contributed by atoms with van der Waals surface area (Å²) in [5, 5.41) is 3.49. The minimum Gasteiger partial charge on any atom is -0.484 e. The maximum atomic E-state index is 11.8. The van der Waals surface area contributed by atoms with Gasteiger partial charge in [0.05, 0.1) is 10.0 Å². The van der Waals surface area contributed by atoms with E-state index in [1.54, 1.807) is 30.5 Å². The Morgan fingerprint density at radius 3 is 2.80 bits per heavy atom. The van der Waals surface area contributed by atoms with Crippen LogP contribution in [0.1, 0.15) is 5.56 Å². The molecule has 104 valence electrons. The summed E-state index contributed by atoms with van der Waals surface area (Å²) in [5.74, 6) is 0.709. The molecule has 0 spiro atoms. The van der Waals surface area contributed by atoms with E-state index in [1.807, 2.05) is 13.0 Å². The van der Waals surface area contributed by atoms with E-state index in [9.17, 15) is 4.79 Å². The van der Waals surface area contributed by atoms with Crippen LogP contribution in [0.15, 0.2) is 36.5 Å². The average Bonchev–Trinajstić information content (AvgIpc) is 2.43. The zero-order valence-corrected chi connectivity index (χ0v) is 12.2. The van der Waals surface area contributed by atoms with Gasteiger partial charge in [0, 0.05) is 12.3 Å². The molecule has 1 amide bonds.